The maximum Gasteiger partial charge on any atom is 0.221 e. The summed E-state index contributed by atoms with van der Waals surface area (Å²) in [7, 11) is 1.20. The normalized spacial score (nSPS) is 35.6. The molecule has 0 aromatic heterocycles. The Hall–Kier alpha value is 0.669. The molecule has 53 valence electrons. The second-order valence-corrected chi connectivity index (χ2v) is 7.49. The van der Waals surface area contributed by atoms with Gasteiger partial charge < -0.3 is 10.2 Å². The molecule has 1 saturated heterocycles. The molecule has 1 aliphatic heterocycles. The van der Waals surface area contributed by atoms with Crippen LogP contribution in [0.2, 0.25) is 0 Å². The molecule has 1 aliphatic rings. The third kappa shape index (κ3) is 3.39. The van der Waals surface area contributed by atoms with Gasteiger partial charge in [0.15, 0.2) is 0 Å². The van der Waals surface area contributed by atoms with Crippen LogP contribution in [-0.4, -0.2) is 42.7 Å². The Morgan fingerprint density at radius 2 is 2.11 bits per heavy atom. The molecule has 4 heteroatoms. The lowest BCUT2D eigenvalue weighted by Crippen LogP contribution is -2.36. The quantitative estimate of drug-likeness (QED) is 0.390. The highest BCUT2D eigenvalue weighted by atomic mass is 28.2. The Labute approximate surface area is 67.1 Å². The average molecular weight is 161 g/mol. The molecule has 2 N–H and O–H groups in total. The molecule has 0 saturated carbocycles. The minimum absolute atomic E-state index is 0. The van der Waals surface area contributed by atoms with E-state index in [0.717, 1.165) is 6.61 Å². The van der Waals surface area contributed by atoms with Gasteiger partial charge in [-0.3, -0.25) is 0 Å². The summed E-state index contributed by atoms with van der Waals surface area (Å²) in [5, 5.41) is 0. The van der Waals surface area contributed by atoms with Gasteiger partial charge in [0.05, 0.1) is 0 Å². The van der Waals surface area contributed by atoms with Crippen LogP contribution in [0.25, 0.3) is 0 Å². The van der Waals surface area contributed by atoms with Gasteiger partial charge in [-0.2, -0.15) is 0 Å². The van der Waals surface area contributed by atoms with E-state index in [1.165, 1.54) is 29.5 Å². The lowest BCUT2D eigenvalue weighted by molar-refractivity contribution is 0.0383. The topological polar surface area (TPSA) is 40.7 Å². The monoisotopic (exact) mass is 161 g/mol. The Bertz CT molecular complexity index is 79.0. The number of hydrogen-bond acceptors (Lipinski definition) is 1. The molecule has 1 radical (unpaired) electrons. The number of hydrogen-bond donors (Lipinski definition) is 0. The Morgan fingerprint density at radius 1 is 1.44 bits per heavy atom. The minimum atomic E-state index is 0. The van der Waals surface area contributed by atoms with E-state index in [1.807, 2.05) is 16.3 Å². The molecule has 1 rings (SSSR count). The first-order valence-electron chi connectivity index (χ1n) is 3.20. The van der Waals surface area contributed by atoms with Crippen molar-refractivity contribution in [3.63, 3.8) is 0 Å². The molecule has 1 unspecified atom stereocenters. The lowest BCUT2D eigenvalue weighted by Gasteiger charge is -2.30. The first kappa shape index (κ1) is 9.67. The summed E-state index contributed by atoms with van der Waals surface area (Å²) in [4.78, 5) is 0. The summed E-state index contributed by atoms with van der Waals surface area (Å²) in [6, 6.07) is 0. The molecule has 9 heavy (non-hydrogen) atoms. The summed E-state index contributed by atoms with van der Waals surface area (Å²) >= 11 is 2.03. The van der Waals surface area contributed by atoms with Crippen molar-refractivity contribution in [2.24, 2.45) is 0 Å². The van der Waals surface area contributed by atoms with Crippen LogP contribution in [0, 0.1) is 0 Å². The van der Waals surface area contributed by atoms with E-state index >= 15 is 0 Å². The van der Waals surface area contributed by atoms with Gasteiger partial charge in [0, 0.05) is 16.8 Å². The van der Waals surface area contributed by atoms with Crippen molar-refractivity contribution in [1.82, 2.24) is 0 Å². The van der Waals surface area contributed by atoms with Crippen LogP contribution < -0.4 is 0 Å². The van der Waals surface area contributed by atoms with E-state index < -0.39 is 0 Å². The molecular formula is C5H14AlO2Si. The summed E-state index contributed by atoms with van der Waals surface area (Å²) in [5.41, 5.74) is 0. The van der Waals surface area contributed by atoms with E-state index in [9.17, 15) is 0 Å². The van der Waals surface area contributed by atoms with Crippen molar-refractivity contribution in [2.75, 3.05) is 6.61 Å². The fraction of sp³-hybridized carbons (Fsp3) is 1.00. The highest BCUT2D eigenvalue weighted by molar-refractivity contribution is 6.39. The van der Waals surface area contributed by atoms with Gasteiger partial charge >= 0.3 is 0 Å². The van der Waals surface area contributed by atoms with E-state index in [1.54, 1.807) is 0 Å². The van der Waals surface area contributed by atoms with Crippen molar-refractivity contribution in [2.45, 2.75) is 23.3 Å². The summed E-state index contributed by atoms with van der Waals surface area (Å²) in [6.07, 6.45) is 3.97. The largest absolute Gasteiger partial charge is 0.412 e. The van der Waals surface area contributed by atoms with Gasteiger partial charge in [0.25, 0.3) is 0 Å². The van der Waals surface area contributed by atoms with E-state index in [4.69, 9.17) is 4.74 Å². The summed E-state index contributed by atoms with van der Waals surface area (Å²) in [5.74, 6) is 0. The predicted molar refractivity (Wildman–Crippen MR) is 43.2 cm³/mol. The second kappa shape index (κ2) is 3.74. The Kier molecular flexibility index (Phi) is 4.02. The maximum atomic E-state index is 5.54. The van der Waals surface area contributed by atoms with Gasteiger partial charge in [0.2, 0.25) is 16.3 Å². The van der Waals surface area contributed by atoms with Gasteiger partial charge in [0.1, 0.15) is 0 Å². The smallest absolute Gasteiger partial charge is 0.221 e. The van der Waals surface area contributed by atoms with Crippen LogP contribution in [0.15, 0.2) is 0 Å². The van der Waals surface area contributed by atoms with Crippen molar-refractivity contribution in [1.29, 1.82) is 0 Å². The standard InChI is InChI=1S/C5H11OSi.Al.H2O.H/c7-5-3-1-2-4-6-5;;;/h1-4H2,7H3;;1H2;. The maximum absolute atomic E-state index is 5.54. The van der Waals surface area contributed by atoms with Crippen LogP contribution >= 0.6 is 0 Å². The second-order valence-electron chi connectivity index (χ2n) is 2.76. The molecule has 2 nitrogen and oxygen atoms in total. The molecule has 1 fully saturated rings. The van der Waals surface area contributed by atoms with Gasteiger partial charge in [-0.1, -0.05) is 6.42 Å². The molecule has 0 aromatic rings. The van der Waals surface area contributed by atoms with Gasteiger partial charge in [-0.05, 0) is 16.9 Å². The molecular weight excluding hydrogens is 147 g/mol. The average Bonchev–Trinajstić information content (AvgIpc) is 1.65. The third-order valence-corrected chi connectivity index (χ3v) is 2.90. The first-order valence-corrected chi connectivity index (χ1v) is 4.91. The SMILES string of the molecule is O.[AlH][C]1([SiH3])CCCCO1. The summed E-state index contributed by atoms with van der Waals surface area (Å²) < 4.78 is 5.88. The van der Waals surface area contributed by atoms with Crippen molar-refractivity contribution < 1.29 is 10.2 Å². The Balaban J connectivity index is 0.000000640. The predicted octanol–water partition coefficient (Wildman–Crippen LogP) is -1.72. The van der Waals surface area contributed by atoms with Crippen molar-refractivity contribution in [3.05, 3.63) is 0 Å². The molecule has 1 atom stereocenters. The van der Waals surface area contributed by atoms with Crippen LogP contribution in [0.4, 0.5) is 0 Å². The fourth-order valence-electron chi connectivity index (χ4n) is 0.992. The molecule has 1 heterocycles. The van der Waals surface area contributed by atoms with Gasteiger partial charge in [-0.25, -0.2) is 0 Å². The van der Waals surface area contributed by atoms with Crippen LogP contribution in [0.3, 0.4) is 0 Å². The molecule has 0 aliphatic carbocycles. The van der Waals surface area contributed by atoms with Crippen LogP contribution in [0.1, 0.15) is 19.3 Å². The highest BCUT2D eigenvalue weighted by Crippen LogP contribution is 2.17. The molecule has 0 spiro atoms. The van der Waals surface area contributed by atoms with Crippen LogP contribution in [-0.2, 0) is 4.74 Å². The van der Waals surface area contributed by atoms with E-state index in [0.29, 0.717) is 4.09 Å². The lowest BCUT2D eigenvalue weighted by atomic mass is 10.2. The zero-order chi connectivity index (χ0) is 6.04. The molecule has 0 bridgehead atoms. The molecule has 0 aromatic carbocycles. The molecule has 0 amide bonds. The minimum Gasteiger partial charge on any atom is -0.412 e. The van der Waals surface area contributed by atoms with E-state index in [2.05, 4.69) is 0 Å². The van der Waals surface area contributed by atoms with Crippen LogP contribution in [0.5, 0.6) is 0 Å². The number of ether oxygens (including phenoxy) is 1. The zero-order valence-corrected chi connectivity index (χ0v) is 9.36. The van der Waals surface area contributed by atoms with Gasteiger partial charge in [-0.15, -0.1) is 0 Å². The summed E-state index contributed by atoms with van der Waals surface area (Å²) in [6.45, 7) is 1.01. The Morgan fingerprint density at radius 3 is 2.33 bits per heavy atom. The zero-order valence-electron chi connectivity index (χ0n) is 5.94. The van der Waals surface area contributed by atoms with Crippen molar-refractivity contribution >= 4 is 26.5 Å². The van der Waals surface area contributed by atoms with E-state index in [-0.39, 0.29) is 5.48 Å². The highest BCUT2D eigenvalue weighted by Gasteiger charge is 2.19. The fourth-order valence-corrected chi connectivity index (χ4v) is 1.94. The van der Waals surface area contributed by atoms with Crippen molar-refractivity contribution in [3.8, 4) is 0 Å². The number of rotatable bonds is 0. The first-order chi connectivity index (χ1) is 3.71. The third-order valence-electron chi connectivity index (χ3n) is 1.55.